The molecule has 1 aromatic heterocycles. The molecule has 9 heteroatoms. The van der Waals surface area contributed by atoms with Crippen molar-refractivity contribution in [3.8, 4) is 17.2 Å². The number of aryl methyl sites for hydroxylation is 1. The highest BCUT2D eigenvalue weighted by Gasteiger charge is 2.22. The summed E-state index contributed by atoms with van der Waals surface area (Å²) in [5.74, 6) is 0.273. The Morgan fingerprint density at radius 3 is 2.07 bits per heavy atom. The fraction of sp³-hybridized carbons (Fsp3) is 0.381. The zero-order chi connectivity index (χ0) is 21.8. The summed E-state index contributed by atoms with van der Waals surface area (Å²) >= 11 is 0. The van der Waals surface area contributed by atoms with E-state index >= 15 is 0 Å². The van der Waals surface area contributed by atoms with Crippen molar-refractivity contribution in [2.75, 3.05) is 39.7 Å². The molecule has 160 valence electrons. The molecule has 0 aliphatic carbocycles. The van der Waals surface area contributed by atoms with E-state index in [2.05, 4.69) is 5.32 Å². The van der Waals surface area contributed by atoms with E-state index in [-0.39, 0.29) is 17.2 Å². The van der Waals surface area contributed by atoms with E-state index in [4.69, 9.17) is 14.2 Å². The number of aromatic nitrogens is 1. The summed E-state index contributed by atoms with van der Waals surface area (Å²) in [6, 6.07) is 4.39. The first-order valence-electron chi connectivity index (χ1n) is 9.51. The molecule has 30 heavy (non-hydrogen) atoms. The lowest BCUT2D eigenvalue weighted by molar-refractivity contribution is 0.0791. The van der Waals surface area contributed by atoms with Gasteiger partial charge in [0.1, 0.15) is 5.69 Å². The van der Waals surface area contributed by atoms with Crippen LogP contribution in [0.1, 0.15) is 33.6 Å². The molecule has 1 aliphatic rings. The summed E-state index contributed by atoms with van der Waals surface area (Å²) in [5, 5.41) is 2.60. The largest absolute Gasteiger partial charge is 0.493 e. The minimum atomic E-state index is -0.544. The van der Waals surface area contributed by atoms with Crippen LogP contribution in [0.2, 0.25) is 0 Å². The molecular weight excluding hydrogens is 390 g/mol. The number of nitrogens with zero attached hydrogens (tertiary/aromatic N) is 2. The maximum absolute atomic E-state index is 12.8. The van der Waals surface area contributed by atoms with E-state index in [0.29, 0.717) is 35.9 Å². The zero-order valence-electron chi connectivity index (χ0n) is 17.5. The smallest absolute Gasteiger partial charge is 0.274 e. The number of pyridine rings is 1. The second-order valence-corrected chi connectivity index (χ2v) is 6.93. The van der Waals surface area contributed by atoms with Gasteiger partial charge in [0.15, 0.2) is 11.5 Å². The third-order valence-corrected chi connectivity index (χ3v) is 5.00. The lowest BCUT2D eigenvalue weighted by atomic mass is 10.1. The summed E-state index contributed by atoms with van der Waals surface area (Å²) in [6.07, 6.45) is 3.41. The van der Waals surface area contributed by atoms with Crippen LogP contribution in [0.25, 0.3) is 0 Å². The zero-order valence-corrected chi connectivity index (χ0v) is 17.5. The van der Waals surface area contributed by atoms with Gasteiger partial charge in [-0.1, -0.05) is 0 Å². The molecule has 0 bridgehead atoms. The van der Waals surface area contributed by atoms with Crippen molar-refractivity contribution in [2.24, 2.45) is 7.05 Å². The predicted octanol–water partition coefficient (Wildman–Crippen LogP) is 1.90. The lowest BCUT2D eigenvalue weighted by Gasteiger charge is -2.17. The Kier molecular flexibility index (Phi) is 6.29. The van der Waals surface area contributed by atoms with Crippen molar-refractivity contribution in [3.05, 3.63) is 45.9 Å². The quantitative estimate of drug-likeness (QED) is 0.774. The van der Waals surface area contributed by atoms with Crippen molar-refractivity contribution in [2.45, 2.75) is 12.8 Å². The molecule has 3 rings (SSSR count). The monoisotopic (exact) mass is 415 g/mol. The van der Waals surface area contributed by atoms with Crippen LogP contribution >= 0.6 is 0 Å². The number of methoxy groups -OCH3 is 3. The van der Waals surface area contributed by atoms with Gasteiger partial charge in [0.25, 0.3) is 17.4 Å². The molecule has 2 amide bonds. The average Bonchev–Trinajstić information content (AvgIpc) is 3.29. The topological polar surface area (TPSA) is 99.1 Å². The first-order valence-corrected chi connectivity index (χ1v) is 9.51. The van der Waals surface area contributed by atoms with Gasteiger partial charge in [-0.05, 0) is 31.0 Å². The van der Waals surface area contributed by atoms with E-state index in [1.165, 1.54) is 57.3 Å². The summed E-state index contributed by atoms with van der Waals surface area (Å²) in [7, 11) is 5.90. The molecule has 0 spiro atoms. The minimum absolute atomic E-state index is 0.0151. The van der Waals surface area contributed by atoms with E-state index in [0.717, 1.165) is 12.8 Å². The number of benzene rings is 1. The Hall–Kier alpha value is -3.49. The van der Waals surface area contributed by atoms with Crippen LogP contribution in [-0.2, 0) is 7.05 Å². The number of carbonyl (C=O) groups is 2. The Bertz CT molecular complexity index is 999. The first-order chi connectivity index (χ1) is 14.4. The molecule has 1 N–H and O–H groups in total. The first kappa shape index (κ1) is 21.2. The van der Waals surface area contributed by atoms with Gasteiger partial charge in [-0.3, -0.25) is 14.4 Å². The second kappa shape index (κ2) is 8.89. The molecule has 0 radical (unpaired) electrons. The fourth-order valence-electron chi connectivity index (χ4n) is 3.43. The van der Waals surface area contributed by atoms with Crippen LogP contribution in [-0.4, -0.2) is 55.7 Å². The number of carbonyl (C=O) groups excluding carboxylic acids is 2. The average molecular weight is 415 g/mol. The maximum Gasteiger partial charge on any atom is 0.274 e. The fourth-order valence-corrected chi connectivity index (χ4v) is 3.43. The van der Waals surface area contributed by atoms with E-state index in [1.807, 2.05) is 0 Å². The second-order valence-electron chi connectivity index (χ2n) is 6.93. The van der Waals surface area contributed by atoms with Crippen LogP contribution in [0, 0.1) is 0 Å². The van der Waals surface area contributed by atoms with Crippen LogP contribution in [0.5, 0.6) is 17.2 Å². The van der Waals surface area contributed by atoms with Crippen LogP contribution in [0.3, 0.4) is 0 Å². The van der Waals surface area contributed by atoms with E-state index < -0.39 is 11.5 Å². The number of rotatable bonds is 6. The number of ether oxygens (including phenoxy) is 3. The maximum atomic E-state index is 12.8. The Labute approximate surface area is 174 Å². The summed E-state index contributed by atoms with van der Waals surface area (Å²) < 4.78 is 17.1. The number of hydrogen-bond donors (Lipinski definition) is 1. The molecule has 9 nitrogen and oxygen atoms in total. The van der Waals surface area contributed by atoms with Crippen LogP contribution < -0.4 is 25.1 Å². The number of anilines is 1. The molecule has 0 unspecified atom stereocenters. The molecule has 0 saturated carbocycles. The highest BCUT2D eigenvalue weighted by Crippen LogP contribution is 2.38. The molecule has 1 saturated heterocycles. The molecular formula is C21H25N3O6. The molecule has 1 fully saturated rings. The predicted molar refractivity (Wildman–Crippen MR) is 111 cm³/mol. The molecule has 1 aliphatic heterocycles. The van der Waals surface area contributed by atoms with Gasteiger partial charge < -0.3 is 29.0 Å². The van der Waals surface area contributed by atoms with Gasteiger partial charge in [-0.15, -0.1) is 0 Å². The third-order valence-electron chi connectivity index (χ3n) is 5.00. The van der Waals surface area contributed by atoms with Gasteiger partial charge >= 0.3 is 0 Å². The lowest BCUT2D eigenvalue weighted by Crippen LogP contribution is -2.30. The van der Waals surface area contributed by atoms with Crippen molar-refractivity contribution in [1.29, 1.82) is 0 Å². The molecule has 2 heterocycles. The Morgan fingerprint density at radius 1 is 0.933 bits per heavy atom. The van der Waals surface area contributed by atoms with Crippen molar-refractivity contribution < 1.29 is 23.8 Å². The summed E-state index contributed by atoms with van der Waals surface area (Å²) in [4.78, 5) is 39.8. The van der Waals surface area contributed by atoms with Gasteiger partial charge in [0, 0.05) is 31.9 Å². The number of likely N-dealkylation sites (tertiary alicyclic amines) is 1. The van der Waals surface area contributed by atoms with E-state index in [1.54, 1.807) is 4.90 Å². The minimum Gasteiger partial charge on any atom is -0.493 e. The van der Waals surface area contributed by atoms with Gasteiger partial charge in [0.2, 0.25) is 5.75 Å². The number of hydrogen-bond acceptors (Lipinski definition) is 6. The van der Waals surface area contributed by atoms with Gasteiger partial charge in [-0.25, -0.2) is 0 Å². The van der Waals surface area contributed by atoms with Crippen molar-refractivity contribution in [1.82, 2.24) is 9.47 Å². The molecule has 0 atom stereocenters. The van der Waals surface area contributed by atoms with Crippen LogP contribution in [0.4, 0.5) is 5.69 Å². The number of amides is 2. The molecule has 2 aromatic rings. The summed E-state index contributed by atoms with van der Waals surface area (Å²) in [5.41, 5.74) is 0.150. The normalized spacial score (nSPS) is 13.1. The number of nitrogens with one attached hydrogen (secondary N) is 1. The van der Waals surface area contributed by atoms with Gasteiger partial charge in [-0.2, -0.15) is 0 Å². The van der Waals surface area contributed by atoms with Crippen LogP contribution in [0.15, 0.2) is 29.2 Å². The molecule has 1 aromatic carbocycles. The van der Waals surface area contributed by atoms with E-state index in [9.17, 15) is 14.4 Å². The third kappa shape index (κ3) is 4.10. The highest BCUT2D eigenvalue weighted by atomic mass is 16.5. The highest BCUT2D eigenvalue weighted by molar-refractivity contribution is 6.05. The van der Waals surface area contributed by atoms with Crippen molar-refractivity contribution >= 4 is 17.5 Å². The summed E-state index contributed by atoms with van der Waals surface area (Å²) in [6.45, 7) is 1.38. The standard InChI is InChI=1S/C21H25N3O6/c1-23-12-14(20(26)24-7-5-6-8-24)9-15(21(23)27)22-19(25)13-10-16(28-2)18(30-4)17(11-13)29-3/h9-12H,5-8H2,1-4H3,(H,22,25). The Balaban J connectivity index is 1.93. The van der Waals surface area contributed by atoms with Crippen molar-refractivity contribution in [3.63, 3.8) is 0 Å². The Morgan fingerprint density at radius 2 is 1.53 bits per heavy atom. The van der Waals surface area contributed by atoms with Gasteiger partial charge in [0.05, 0.1) is 26.9 Å². The SMILES string of the molecule is COc1cc(C(=O)Nc2cc(C(=O)N3CCCC3)cn(C)c2=O)cc(OC)c1OC.